The van der Waals surface area contributed by atoms with E-state index in [1.54, 1.807) is 6.07 Å². The van der Waals surface area contributed by atoms with E-state index in [-0.39, 0.29) is 23.6 Å². The summed E-state index contributed by atoms with van der Waals surface area (Å²) < 4.78 is 5.24. The lowest BCUT2D eigenvalue weighted by Gasteiger charge is -2.22. The maximum atomic E-state index is 13.1. The second-order valence-corrected chi connectivity index (χ2v) is 7.19. The molecule has 1 unspecified atom stereocenters. The number of hydrogen-bond donors (Lipinski definition) is 2. The van der Waals surface area contributed by atoms with Crippen molar-refractivity contribution in [2.45, 2.75) is 44.1 Å². The first kappa shape index (κ1) is 15.9. The van der Waals surface area contributed by atoms with Crippen LogP contribution in [0.2, 0.25) is 0 Å². The molecule has 2 aliphatic rings. The summed E-state index contributed by atoms with van der Waals surface area (Å²) in [5, 5.41) is 11.9. The molecule has 4 rings (SSSR count). The van der Waals surface area contributed by atoms with Crippen molar-refractivity contribution in [3.63, 3.8) is 0 Å². The van der Waals surface area contributed by atoms with Crippen LogP contribution in [0, 0.1) is 5.41 Å². The second-order valence-electron chi connectivity index (χ2n) is 7.19. The first-order valence-corrected chi connectivity index (χ1v) is 8.73. The number of carboxylic acids is 1. The third-order valence-corrected chi connectivity index (χ3v) is 5.89. The summed E-state index contributed by atoms with van der Waals surface area (Å²) in [6, 6.07) is 13.0. The third kappa shape index (κ3) is 2.46. The van der Waals surface area contributed by atoms with E-state index in [0.29, 0.717) is 5.76 Å². The second kappa shape index (κ2) is 5.76. The predicted molar refractivity (Wildman–Crippen MR) is 91.2 cm³/mol. The number of hydrogen-bond acceptors (Lipinski definition) is 3. The van der Waals surface area contributed by atoms with Gasteiger partial charge in [0.1, 0.15) is 5.76 Å². The van der Waals surface area contributed by atoms with Crippen molar-refractivity contribution in [3.05, 3.63) is 59.5 Å². The van der Waals surface area contributed by atoms with E-state index in [9.17, 15) is 9.59 Å². The van der Waals surface area contributed by atoms with Crippen LogP contribution in [0.1, 0.15) is 54.0 Å². The van der Waals surface area contributed by atoms with E-state index >= 15 is 0 Å². The summed E-state index contributed by atoms with van der Waals surface area (Å²) in [5.74, 6) is -0.741. The van der Waals surface area contributed by atoms with Gasteiger partial charge in [-0.1, -0.05) is 43.2 Å². The maximum absolute atomic E-state index is 13.1. The summed E-state index contributed by atoms with van der Waals surface area (Å²) in [4.78, 5) is 24.0. The lowest BCUT2D eigenvalue weighted by atomic mass is 9.84. The van der Waals surface area contributed by atoms with Gasteiger partial charge in [-0.3, -0.25) is 4.79 Å². The third-order valence-electron chi connectivity index (χ3n) is 5.89. The van der Waals surface area contributed by atoms with Crippen molar-refractivity contribution in [1.29, 1.82) is 0 Å². The molecule has 5 nitrogen and oxygen atoms in total. The molecule has 0 aliphatic heterocycles. The first-order valence-electron chi connectivity index (χ1n) is 8.73. The molecule has 5 heteroatoms. The molecular formula is C20H21NO4. The van der Waals surface area contributed by atoms with Crippen LogP contribution >= 0.6 is 0 Å². The molecule has 0 radical (unpaired) electrons. The Morgan fingerprint density at radius 2 is 1.80 bits per heavy atom. The zero-order chi connectivity index (χ0) is 17.5. The van der Waals surface area contributed by atoms with Crippen molar-refractivity contribution < 1.29 is 19.1 Å². The van der Waals surface area contributed by atoms with E-state index in [4.69, 9.17) is 9.52 Å². The van der Waals surface area contributed by atoms with Gasteiger partial charge in [0, 0.05) is 0 Å². The minimum absolute atomic E-state index is 0.0221. The molecule has 25 heavy (non-hydrogen) atoms. The van der Waals surface area contributed by atoms with Crippen molar-refractivity contribution in [2.75, 3.05) is 0 Å². The molecule has 1 amide bonds. The Hall–Kier alpha value is -2.56. The van der Waals surface area contributed by atoms with Crippen molar-refractivity contribution in [3.8, 4) is 0 Å². The lowest BCUT2D eigenvalue weighted by molar-refractivity contribution is -0.124. The topological polar surface area (TPSA) is 79.5 Å². The Bertz CT molecular complexity index is 804. The van der Waals surface area contributed by atoms with E-state index in [0.717, 1.165) is 24.8 Å². The lowest BCUT2D eigenvalue weighted by Crippen LogP contribution is -2.38. The van der Waals surface area contributed by atoms with Gasteiger partial charge < -0.3 is 14.8 Å². The number of aromatic carboxylic acids is 1. The van der Waals surface area contributed by atoms with Gasteiger partial charge in [0.05, 0.1) is 12.0 Å². The molecule has 2 fully saturated rings. The first-order chi connectivity index (χ1) is 12.1. The largest absolute Gasteiger partial charge is 0.475 e. The normalized spacial score (nSPS) is 23.5. The number of benzene rings is 1. The molecule has 1 aromatic carbocycles. The number of carbonyl (C=O) groups excluding carboxylic acids is 1. The fourth-order valence-electron chi connectivity index (χ4n) is 4.61. The predicted octanol–water partition coefficient (Wildman–Crippen LogP) is 3.50. The fourth-order valence-corrected chi connectivity index (χ4v) is 4.61. The molecular weight excluding hydrogens is 318 g/mol. The van der Waals surface area contributed by atoms with Crippen LogP contribution in [0.25, 0.3) is 0 Å². The number of rotatable bonds is 5. The van der Waals surface area contributed by atoms with Crippen molar-refractivity contribution in [2.24, 2.45) is 5.41 Å². The van der Waals surface area contributed by atoms with E-state index in [1.165, 1.54) is 18.9 Å². The molecule has 1 spiro atoms. The molecule has 2 aliphatic carbocycles. The Labute approximate surface area is 146 Å². The van der Waals surface area contributed by atoms with Crippen molar-refractivity contribution >= 4 is 11.9 Å². The number of carboxylic acid groups (broad SMARTS) is 1. The highest BCUT2D eigenvalue weighted by Crippen LogP contribution is 2.72. The fraction of sp³-hybridized carbons (Fsp3) is 0.400. The minimum atomic E-state index is -1.11. The number of nitrogens with one attached hydrogen (secondary N) is 1. The number of amides is 1. The van der Waals surface area contributed by atoms with Crippen LogP contribution in [-0.4, -0.2) is 17.0 Å². The van der Waals surface area contributed by atoms with Crippen LogP contribution in [0.4, 0.5) is 0 Å². The molecule has 2 aromatic rings. The standard InChI is InChI=1S/C20H21NO4/c22-17(23)16-9-8-15(25-16)12-21-18(24)20(14-6-2-1-3-7-14)13-19(20)10-4-5-11-19/h1-3,6-9H,4-5,10-13H2,(H,21,24)(H,22,23). The Morgan fingerprint density at radius 3 is 2.44 bits per heavy atom. The molecule has 2 N–H and O–H groups in total. The average molecular weight is 339 g/mol. The van der Waals surface area contributed by atoms with Crippen LogP contribution < -0.4 is 5.32 Å². The molecule has 1 heterocycles. The zero-order valence-electron chi connectivity index (χ0n) is 14.0. The number of carbonyl (C=O) groups is 2. The van der Waals surface area contributed by atoms with Gasteiger partial charge in [0.2, 0.25) is 11.7 Å². The van der Waals surface area contributed by atoms with Crippen LogP contribution in [0.5, 0.6) is 0 Å². The molecule has 0 bridgehead atoms. The van der Waals surface area contributed by atoms with Crippen LogP contribution in [0.3, 0.4) is 0 Å². The average Bonchev–Trinajstić information content (AvgIpc) is 2.97. The summed E-state index contributed by atoms with van der Waals surface area (Å²) in [7, 11) is 0. The molecule has 130 valence electrons. The highest BCUT2D eigenvalue weighted by Gasteiger charge is 2.72. The van der Waals surface area contributed by atoms with E-state index < -0.39 is 11.4 Å². The molecule has 1 atom stereocenters. The summed E-state index contributed by atoms with van der Waals surface area (Å²) in [5.41, 5.74) is 0.723. The van der Waals surface area contributed by atoms with Gasteiger partial charge in [-0.05, 0) is 42.4 Å². The van der Waals surface area contributed by atoms with Gasteiger partial charge >= 0.3 is 5.97 Å². The van der Waals surface area contributed by atoms with Gasteiger partial charge in [0.15, 0.2) is 0 Å². The number of furan rings is 1. The highest BCUT2D eigenvalue weighted by atomic mass is 16.4. The Kier molecular flexibility index (Phi) is 3.67. The van der Waals surface area contributed by atoms with Gasteiger partial charge in [-0.15, -0.1) is 0 Å². The van der Waals surface area contributed by atoms with Gasteiger partial charge in [-0.2, -0.15) is 0 Å². The molecule has 1 aromatic heterocycles. The summed E-state index contributed by atoms with van der Waals surface area (Å²) in [6.07, 6.45) is 5.46. The summed E-state index contributed by atoms with van der Waals surface area (Å²) >= 11 is 0. The van der Waals surface area contributed by atoms with Crippen LogP contribution in [0.15, 0.2) is 46.9 Å². The van der Waals surface area contributed by atoms with Crippen LogP contribution in [-0.2, 0) is 16.8 Å². The Balaban J connectivity index is 1.54. The van der Waals surface area contributed by atoms with Crippen molar-refractivity contribution in [1.82, 2.24) is 5.32 Å². The Morgan fingerprint density at radius 1 is 1.08 bits per heavy atom. The zero-order valence-corrected chi connectivity index (χ0v) is 14.0. The quantitative estimate of drug-likeness (QED) is 0.874. The maximum Gasteiger partial charge on any atom is 0.371 e. The monoisotopic (exact) mass is 339 g/mol. The van der Waals surface area contributed by atoms with E-state index in [1.807, 2.05) is 30.3 Å². The van der Waals surface area contributed by atoms with Gasteiger partial charge in [0.25, 0.3) is 0 Å². The molecule has 2 saturated carbocycles. The SMILES string of the molecule is O=C(O)c1ccc(CNC(=O)C2(c3ccccc3)CC23CCCC3)o1. The van der Waals surface area contributed by atoms with Gasteiger partial charge in [-0.25, -0.2) is 4.79 Å². The smallest absolute Gasteiger partial charge is 0.371 e. The molecule has 0 saturated heterocycles. The highest BCUT2D eigenvalue weighted by molar-refractivity contribution is 5.93. The van der Waals surface area contributed by atoms with E-state index in [2.05, 4.69) is 5.32 Å². The minimum Gasteiger partial charge on any atom is -0.475 e. The summed E-state index contributed by atoms with van der Waals surface area (Å²) in [6.45, 7) is 0.205.